The first-order chi connectivity index (χ1) is 9.65. The number of thiophene rings is 1. The number of pyridine rings is 1. The van der Waals surface area contributed by atoms with Gasteiger partial charge in [0, 0.05) is 17.1 Å². The van der Waals surface area contributed by atoms with Crippen molar-refractivity contribution in [2.24, 2.45) is 0 Å². The van der Waals surface area contributed by atoms with E-state index in [0.717, 1.165) is 19.4 Å². The first-order valence-electron chi connectivity index (χ1n) is 6.33. The fourth-order valence-corrected chi connectivity index (χ4v) is 3.07. The minimum Gasteiger partial charge on any atom is -0.478 e. The van der Waals surface area contributed by atoms with Gasteiger partial charge in [-0.1, -0.05) is 17.7 Å². The number of aromatic nitrogens is 1. The smallest absolute Gasteiger partial charge is 0.337 e. The van der Waals surface area contributed by atoms with Crippen LogP contribution in [-0.2, 0) is 6.54 Å². The number of aromatic carboxylic acids is 1. The Morgan fingerprint density at radius 1 is 1.55 bits per heavy atom. The highest BCUT2D eigenvalue weighted by atomic mass is 35.5. The molecular formula is C14H13ClN2O2S. The Kier molecular flexibility index (Phi) is 3.63. The van der Waals surface area contributed by atoms with Gasteiger partial charge in [0.05, 0.1) is 17.1 Å². The SMILES string of the molecule is O=C(O)c1cnc(N(Cc2cccs2)C2CC2)c(Cl)c1. The average Bonchev–Trinajstić information content (AvgIpc) is 3.14. The number of halogens is 1. The van der Waals surface area contributed by atoms with Gasteiger partial charge in [0.2, 0.25) is 0 Å². The molecule has 0 aliphatic heterocycles. The largest absolute Gasteiger partial charge is 0.478 e. The zero-order chi connectivity index (χ0) is 14.1. The molecule has 0 spiro atoms. The molecule has 1 aliphatic rings. The third kappa shape index (κ3) is 2.78. The third-order valence-electron chi connectivity index (χ3n) is 3.23. The van der Waals surface area contributed by atoms with Crippen LogP contribution < -0.4 is 4.90 Å². The standard InChI is InChI=1S/C14H13ClN2O2S/c15-12-6-9(14(18)19)7-16-13(12)17(10-3-4-10)8-11-2-1-5-20-11/h1-2,5-7,10H,3-4,8H2,(H,18,19). The molecule has 6 heteroatoms. The molecule has 0 amide bonds. The second-order valence-electron chi connectivity index (χ2n) is 4.77. The van der Waals surface area contributed by atoms with E-state index in [1.165, 1.54) is 17.1 Å². The topological polar surface area (TPSA) is 53.4 Å². The van der Waals surface area contributed by atoms with Crippen LogP contribution in [0.25, 0.3) is 0 Å². The molecule has 0 atom stereocenters. The molecule has 104 valence electrons. The molecule has 0 aromatic carbocycles. The number of anilines is 1. The molecule has 1 N–H and O–H groups in total. The average molecular weight is 309 g/mol. The maximum Gasteiger partial charge on any atom is 0.337 e. The Hall–Kier alpha value is -1.59. The van der Waals surface area contributed by atoms with Crippen LogP contribution in [0.3, 0.4) is 0 Å². The molecule has 2 aromatic rings. The molecule has 1 aliphatic carbocycles. The third-order valence-corrected chi connectivity index (χ3v) is 4.37. The summed E-state index contributed by atoms with van der Waals surface area (Å²) in [6.45, 7) is 0.765. The molecule has 0 unspecified atom stereocenters. The molecule has 20 heavy (non-hydrogen) atoms. The monoisotopic (exact) mass is 308 g/mol. The van der Waals surface area contributed by atoms with Gasteiger partial charge in [-0.15, -0.1) is 11.3 Å². The molecule has 4 nitrogen and oxygen atoms in total. The van der Waals surface area contributed by atoms with Crippen LogP contribution in [-0.4, -0.2) is 22.1 Å². The highest BCUT2D eigenvalue weighted by Crippen LogP contribution is 2.36. The fraction of sp³-hybridized carbons (Fsp3) is 0.286. The van der Waals surface area contributed by atoms with Crippen LogP contribution >= 0.6 is 22.9 Å². The lowest BCUT2D eigenvalue weighted by Crippen LogP contribution is -2.26. The summed E-state index contributed by atoms with van der Waals surface area (Å²) in [5, 5.41) is 11.4. The van der Waals surface area contributed by atoms with E-state index >= 15 is 0 Å². The summed E-state index contributed by atoms with van der Waals surface area (Å²) < 4.78 is 0. The highest BCUT2D eigenvalue weighted by molar-refractivity contribution is 7.09. The molecule has 0 bridgehead atoms. The van der Waals surface area contributed by atoms with Gasteiger partial charge < -0.3 is 10.0 Å². The molecule has 1 fully saturated rings. The van der Waals surface area contributed by atoms with E-state index in [2.05, 4.69) is 16.0 Å². The lowest BCUT2D eigenvalue weighted by Gasteiger charge is -2.24. The number of carboxylic acid groups (broad SMARTS) is 1. The van der Waals surface area contributed by atoms with E-state index < -0.39 is 5.97 Å². The van der Waals surface area contributed by atoms with E-state index in [0.29, 0.717) is 16.9 Å². The predicted octanol–water partition coefficient (Wildman–Crippen LogP) is 3.66. The lowest BCUT2D eigenvalue weighted by molar-refractivity contribution is 0.0696. The maximum atomic E-state index is 10.9. The van der Waals surface area contributed by atoms with Crippen molar-refractivity contribution >= 4 is 34.7 Å². The Labute approximate surface area is 125 Å². The van der Waals surface area contributed by atoms with Crippen LogP contribution in [0.1, 0.15) is 28.1 Å². The Morgan fingerprint density at radius 3 is 2.90 bits per heavy atom. The molecule has 0 saturated heterocycles. The van der Waals surface area contributed by atoms with Crippen molar-refractivity contribution in [2.75, 3.05) is 4.90 Å². The molecule has 2 aromatic heterocycles. The summed E-state index contributed by atoms with van der Waals surface area (Å²) in [4.78, 5) is 18.6. The zero-order valence-corrected chi connectivity index (χ0v) is 12.2. The summed E-state index contributed by atoms with van der Waals surface area (Å²) in [5.41, 5.74) is 0.116. The number of nitrogens with zero attached hydrogens (tertiary/aromatic N) is 2. The van der Waals surface area contributed by atoms with Crippen LogP contribution in [0, 0.1) is 0 Å². The molecular weight excluding hydrogens is 296 g/mol. The minimum atomic E-state index is -1.01. The summed E-state index contributed by atoms with van der Waals surface area (Å²) in [6, 6.07) is 6.03. The van der Waals surface area contributed by atoms with Crippen molar-refractivity contribution in [1.82, 2.24) is 4.98 Å². The number of hydrogen-bond acceptors (Lipinski definition) is 4. The quantitative estimate of drug-likeness (QED) is 0.915. The summed E-state index contributed by atoms with van der Waals surface area (Å²) >= 11 is 7.91. The van der Waals surface area contributed by atoms with Crippen LogP contribution in [0.5, 0.6) is 0 Å². The van der Waals surface area contributed by atoms with Crippen LogP contribution in [0.2, 0.25) is 5.02 Å². The normalized spacial score (nSPS) is 14.2. The van der Waals surface area contributed by atoms with E-state index in [4.69, 9.17) is 16.7 Å². The minimum absolute atomic E-state index is 0.116. The van der Waals surface area contributed by atoms with Gasteiger partial charge in [-0.25, -0.2) is 9.78 Å². The Morgan fingerprint density at radius 2 is 2.35 bits per heavy atom. The van der Waals surface area contributed by atoms with E-state index in [9.17, 15) is 4.79 Å². The van der Waals surface area contributed by atoms with Gasteiger partial charge in [0.25, 0.3) is 0 Å². The summed E-state index contributed by atoms with van der Waals surface area (Å²) in [7, 11) is 0. The van der Waals surface area contributed by atoms with Crippen LogP contribution in [0.4, 0.5) is 5.82 Å². The fourth-order valence-electron chi connectivity index (χ4n) is 2.09. The van der Waals surface area contributed by atoms with Crippen molar-refractivity contribution < 1.29 is 9.90 Å². The number of rotatable bonds is 5. The summed E-state index contributed by atoms with van der Waals surface area (Å²) in [5.74, 6) is -0.338. The van der Waals surface area contributed by atoms with Crippen LogP contribution in [0.15, 0.2) is 29.8 Å². The highest BCUT2D eigenvalue weighted by Gasteiger charge is 2.31. The maximum absolute atomic E-state index is 10.9. The second-order valence-corrected chi connectivity index (χ2v) is 6.21. The van der Waals surface area contributed by atoms with Gasteiger partial charge in [0.1, 0.15) is 5.82 Å². The van der Waals surface area contributed by atoms with E-state index in [1.54, 1.807) is 11.3 Å². The molecule has 1 saturated carbocycles. The molecule has 3 rings (SSSR count). The number of carboxylic acids is 1. The van der Waals surface area contributed by atoms with Crippen molar-refractivity contribution in [3.8, 4) is 0 Å². The van der Waals surface area contributed by atoms with Gasteiger partial charge in [-0.05, 0) is 30.4 Å². The Bertz CT molecular complexity index is 626. The Balaban J connectivity index is 1.89. The number of hydrogen-bond donors (Lipinski definition) is 1. The van der Waals surface area contributed by atoms with E-state index in [-0.39, 0.29) is 5.56 Å². The number of carbonyl (C=O) groups is 1. The predicted molar refractivity (Wildman–Crippen MR) is 79.7 cm³/mol. The molecule has 0 radical (unpaired) electrons. The lowest BCUT2D eigenvalue weighted by atomic mass is 10.2. The molecule has 2 heterocycles. The van der Waals surface area contributed by atoms with Gasteiger partial charge in [-0.3, -0.25) is 0 Å². The van der Waals surface area contributed by atoms with Gasteiger partial charge in [0.15, 0.2) is 0 Å². The van der Waals surface area contributed by atoms with E-state index in [1.807, 2.05) is 11.4 Å². The first kappa shape index (κ1) is 13.4. The van der Waals surface area contributed by atoms with Crippen molar-refractivity contribution in [1.29, 1.82) is 0 Å². The second kappa shape index (κ2) is 5.42. The van der Waals surface area contributed by atoms with Gasteiger partial charge >= 0.3 is 5.97 Å². The van der Waals surface area contributed by atoms with Gasteiger partial charge in [-0.2, -0.15) is 0 Å². The zero-order valence-electron chi connectivity index (χ0n) is 10.6. The first-order valence-corrected chi connectivity index (χ1v) is 7.59. The van der Waals surface area contributed by atoms with Crippen molar-refractivity contribution in [3.05, 3.63) is 45.2 Å². The summed E-state index contributed by atoms with van der Waals surface area (Å²) in [6.07, 6.45) is 3.63. The van der Waals surface area contributed by atoms with Crippen molar-refractivity contribution in [3.63, 3.8) is 0 Å². The van der Waals surface area contributed by atoms with Crippen molar-refractivity contribution in [2.45, 2.75) is 25.4 Å².